The van der Waals surface area contributed by atoms with Gasteiger partial charge in [-0.15, -0.1) is 11.8 Å². The largest absolute Gasteiger partial charge is 0.497 e. The highest BCUT2D eigenvalue weighted by Crippen LogP contribution is 2.29. The molecule has 0 aliphatic rings. The highest BCUT2D eigenvalue weighted by Gasteiger charge is 2.15. The minimum Gasteiger partial charge on any atom is -0.497 e. The molecular weight excluding hydrogens is 426 g/mol. The fourth-order valence-electron chi connectivity index (χ4n) is 2.73. The zero-order valence-corrected chi connectivity index (χ0v) is 18.3. The van der Waals surface area contributed by atoms with Crippen LogP contribution in [0, 0.1) is 0 Å². The molecule has 0 aliphatic carbocycles. The summed E-state index contributed by atoms with van der Waals surface area (Å²) in [5.74, 6) is -0.796. The van der Waals surface area contributed by atoms with Crippen LogP contribution in [-0.2, 0) is 20.1 Å². The van der Waals surface area contributed by atoms with E-state index < -0.39 is 17.7 Å². The molecule has 0 unspecified atom stereocenters. The molecule has 164 valence electrons. The van der Waals surface area contributed by atoms with E-state index >= 15 is 0 Å². The number of hydrogen-bond acceptors (Lipinski definition) is 5. The summed E-state index contributed by atoms with van der Waals surface area (Å²) in [6.45, 7) is -0.327. The molecule has 3 aromatic carbocycles. The molecule has 0 fully saturated rings. The molecule has 7 nitrogen and oxygen atoms in total. The van der Waals surface area contributed by atoms with Crippen molar-refractivity contribution in [2.45, 2.75) is 10.6 Å². The van der Waals surface area contributed by atoms with Gasteiger partial charge in [-0.3, -0.25) is 14.4 Å². The summed E-state index contributed by atoms with van der Waals surface area (Å²) >= 11 is 1.60. The van der Waals surface area contributed by atoms with Gasteiger partial charge in [0.15, 0.2) is 0 Å². The lowest BCUT2D eigenvalue weighted by atomic mass is 10.2. The number of carbonyl (C=O) groups is 3. The maximum atomic E-state index is 12.3. The number of amides is 3. The number of thioether (sulfide) groups is 1. The number of hydrogen-bond donors (Lipinski definition) is 3. The average Bonchev–Trinajstić information content (AvgIpc) is 2.83. The van der Waals surface area contributed by atoms with Gasteiger partial charge in [-0.25, -0.2) is 0 Å². The predicted octanol–water partition coefficient (Wildman–Crippen LogP) is 3.68. The van der Waals surface area contributed by atoms with Gasteiger partial charge in [-0.05, 0) is 42.0 Å². The quantitative estimate of drug-likeness (QED) is 0.360. The second-order valence-electron chi connectivity index (χ2n) is 6.68. The van der Waals surface area contributed by atoms with Crippen LogP contribution in [0.4, 0.5) is 11.4 Å². The molecule has 0 bridgehead atoms. The summed E-state index contributed by atoms with van der Waals surface area (Å²) < 4.78 is 5.04. The Balaban J connectivity index is 1.48. The lowest BCUT2D eigenvalue weighted by Crippen LogP contribution is -2.39. The zero-order valence-electron chi connectivity index (χ0n) is 17.5. The lowest BCUT2D eigenvalue weighted by Gasteiger charge is -2.11. The van der Waals surface area contributed by atoms with Crippen molar-refractivity contribution in [1.29, 1.82) is 0 Å². The third-order valence-corrected chi connectivity index (χ3v) is 5.51. The number of rotatable bonds is 8. The SMILES string of the molecule is COc1ccc(NC(=O)C(=O)NCC(=O)Nc2ccccc2SCc2ccccc2)cc1. The van der Waals surface area contributed by atoms with E-state index in [2.05, 4.69) is 16.0 Å². The Morgan fingerprint density at radius 2 is 1.50 bits per heavy atom. The first-order valence-corrected chi connectivity index (χ1v) is 10.8. The Labute approximate surface area is 190 Å². The highest BCUT2D eigenvalue weighted by atomic mass is 32.2. The van der Waals surface area contributed by atoms with E-state index in [4.69, 9.17) is 4.74 Å². The first-order valence-electron chi connectivity index (χ1n) is 9.84. The maximum Gasteiger partial charge on any atom is 0.313 e. The van der Waals surface area contributed by atoms with Crippen molar-refractivity contribution in [1.82, 2.24) is 5.32 Å². The van der Waals surface area contributed by atoms with Crippen LogP contribution in [0.2, 0.25) is 0 Å². The molecule has 0 atom stereocenters. The third-order valence-electron chi connectivity index (χ3n) is 4.36. The van der Waals surface area contributed by atoms with Gasteiger partial charge in [0, 0.05) is 16.3 Å². The number of ether oxygens (including phenoxy) is 1. The number of benzene rings is 3. The lowest BCUT2D eigenvalue weighted by molar-refractivity contribution is -0.136. The molecule has 0 spiro atoms. The fraction of sp³-hybridized carbons (Fsp3) is 0.125. The first kappa shape index (κ1) is 22.9. The molecule has 0 saturated heterocycles. The van der Waals surface area contributed by atoms with Crippen LogP contribution in [0.25, 0.3) is 0 Å². The van der Waals surface area contributed by atoms with Crippen LogP contribution in [0.5, 0.6) is 5.75 Å². The molecule has 0 saturated carbocycles. The summed E-state index contributed by atoms with van der Waals surface area (Å²) in [6, 6.07) is 24.0. The van der Waals surface area contributed by atoms with Crippen LogP contribution in [0.3, 0.4) is 0 Å². The second-order valence-corrected chi connectivity index (χ2v) is 7.70. The van der Waals surface area contributed by atoms with E-state index in [9.17, 15) is 14.4 Å². The van der Waals surface area contributed by atoms with E-state index in [1.807, 2.05) is 48.5 Å². The van der Waals surface area contributed by atoms with E-state index in [0.717, 1.165) is 10.6 Å². The van der Waals surface area contributed by atoms with E-state index in [0.29, 0.717) is 17.1 Å². The Morgan fingerprint density at radius 1 is 0.812 bits per heavy atom. The Morgan fingerprint density at radius 3 is 2.22 bits per heavy atom. The Bertz CT molecular complexity index is 1070. The molecule has 0 heterocycles. The van der Waals surface area contributed by atoms with Gasteiger partial charge >= 0.3 is 11.8 Å². The Kier molecular flexibility index (Phi) is 8.28. The first-order chi connectivity index (χ1) is 15.5. The summed E-state index contributed by atoms with van der Waals surface area (Å²) in [4.78, 5) is 37.3. The molecule has 8 heteroatoms. The average molecular weight is 450 g/mol. The molecule has 0 aliphatic heterocycles. The van der Waals surface area contributed by atoms with Gasteiger partial charge in [-0.2, -0.15) is 0 Å². The van der Waals surface area contributed by atoms with Gasteiger partial charge in [0.05, 0.1) is 19.3 Å². The van der Waals surface area contributed by atoms with Gasteiger partial charge in [0.1, 0.15) is 5.75 Å². The molecule has 3 amide bonds. The van der Waals surface area contributed by atoms with Gasteiger partial charge in [0.2, 0.25) is 5.91 Å². The third kappa shape index (κ3) is 6.88. The molecule has 32 heavy (non-hydrogen) atoms. The number of nitrogens with one attached hydrogen (secondary N) is 3. The summed E-state index contributed by atoms with van der Waals surface area (Å²) in [5, 5.41) is 7.58. The fourth-order valence-corrected chi connectivity index (χ4v) is 3.69. The van der Waals surface area contributed by atoms with Crippen LogP contribution in [0.1, 0.15) is 5.56 Å². The van der Waals surface area contributed by atoms with Crippen LogP contribution < -0.4 is 20.7 Å². The summed E-state index contributed by atoms with van der Waals surface area (Å²) in [7, 11) is 1.53. The number of carbonyl (C=O) groups excluding carboxylic acids is 3. The molecule has 0 aromatic heterocycles. The van der Waals surface area contributed by atoms with Crippen LogP contribution >= 0.6 is 11.8 Å². The molecular formula is C24H23N3O4S. The zero-order chi connectivity index (χ0) is 22.8. The van der Waals surface area contributed by atoms with E-state index in [1.165, 1.54) is 12.7 Å². The monoisotopic (exact) mass is 449 g/mol. The van der Waals surface area contributed by atoms with E-state index in [1.54, 1.807) is 42.1 Å². The van der Waals surface area contributed by atoms with Gasteiger partial charge < -0.3 is 20.7 Å². The molecule has 3 aromatic rings. The van der Waals surface area contributed by atoms with Crippen LogP contribution in [0.15, 0.2) is 83.8 Å². The summed E-state index contributed by atoms with van der Waals surface area (Å²) in [5.41, 5.74) is 2.27. The number of para-hydroxylation sites is 1. The topological polar surface area (TPSA) is 96.5 Å². The minimum atomic E-state index is -0.900. The van der Waals surface area contributed by atoms with Crippen molar-refractivity contribution in [3.05, 3.63) is 84.4 Å². The van der Waals surface area contributed by atoms with Crippen LogP contribution in [-0.4, -0.2) is 31.4 Å². The normalized spacial score (nSPS) is 10.2. The minimum absolute atomic E-state index is 0.327. The van der Waals surface area contributed by atoms with Gasteiger partial charge in [0.25, 0.3) is 0 Å². The second kappa shape index (κ2) is 11.6. The van der Waals surface area contributed by atoms with Crippen molar-refractivity contribution in [2.75, 3.05) is 24.3 Å². The predicted molar refractivity (Wildman–Crippen MR) is 126 cm³/mol. The molecule has 3 N–H and O–H groups in total. The van der Waals surface area contributed by atoms with Crippen molar-refractivity contribution in [3.8, 4) is 5.75 Å². The van der Waals surface area contributed by atoms with Crippen molar-refractivity contribution < 1.29 is 19.1 Å². The van der Waals surface area contributed by atoms with Gasteiger partial charge in [-0.1, -0.05) is 42.5 Å². The smallest absolute Gasteiger partial charge is 0.313 e. The molecule has 3 rings (SSSR count). The standard InChI is InChI=1S/C24H23N3O4S/c1-31-19-13-11-18(12-14-19)26-24(30)23(29)25-15-22(28)27-20-9-5-6-10-21(20)32-16-17-7-3-2-4-8-17/h2-14H,15-16H2,1H3,(H,25,29)(H,26,30)(H,27,28). The number of methoxy groups -OCH3 is 1. The van der Waals surface area contributed by atoms with Crippen molar-refractivity contribution >= 4 is 40.9 Å². The van der Waals surface area contributed by atoms with Crippen molar-refractivity contribution in [3.63, 3.8) is 0 Å². The highest BCUT2D eigenvalue weighted by molar-refractivity contribution is 7.98. The summed E-state index contributed by atoms with van der Waals surface area (Å²) in [6.07, 6.45) is 0. The van der Waals surface area contributed by atoms with E-state index in [-0.39, 0.29) is 6.54 Å². The Hall–Kier alpha value is -3.78. The van der Waals surface area contributed by atoms with Crippen molar-refractivity contribution in [2.24, 2.45) is 0 Å². The molecule has 0 radical (unpaired) electrons. The number of anilines is 2. The maximum absolute atomic E-state index is 12.3.